The molecule has 3 N–H and O–H groups in total. The van der Waals surface area contributed by atoms with Crippen molar-refractivity contribution in [2.45, 2.75) is 27.0 Å². The molecule has 1 aliphatic rings. The molecule has 1 aromatic heterocycles. The number of phosphoric ester groups is 1. The smallest absolute Gasteiger partial charge is 0.390 e. The Kier molecular flexibility index (Phi) is 7.05. The first-order valence-corrected chi connectivity index (χ1v) is 10.7. The zero-order valence-corrected chi connectivity index (χ0v) is 18.2. The van der Waals surface area contributed by atoms with Crippen molar-refractivity contribution in [3.05, 3.63) is 33.1 Å². The van der Waals surface area contributed by atoms with Crippen LogP contribution in [0.1, 0.15) is 12.6 Å². The van der Waals surface area contributed by atoms with Crippen molar-refractivity contribution in [2.75, 3.05) is 6.61 Å². The summed E-state index contributed by atoms with van der Waals surface area (Å²) in [6.07, 6.45) is -1.94. The fourth-order valence-corrected chi connectivity index (χ4v) is 3.39. The van der Waals surface area contributed by atoms with Crippen LogP contribution >= 0.6 is 55.6 Å². The van der Waals surface area contributed by atoms with Crippen LogP contribution in [-0.4, -0.2) is 46.5 Å². The minimum Gasteiger partial charge on any atom is -0.390 e. The van der Waals surface area contributed by atoms with Gasteiger partial charge in [0, 0.05) is 18.7 Å². The third-order valence-electron chi connectivity index (χ3n) is 3.20. The van der Waals surface area contributed by atoms with Crippen molar-refractivity contribution < 1.29 is 33.1 Å². The summed E-state index contributed by atoms with van der Waals surface area (Å²) in [5.74, 6) is -1.17. The van der Waals surface area contributed by atoms with Gasteiger partial charge in [-0.1, -0.05) is 0 Å². The van der Waals surface area contributed by atoms with Gasteiger partial charge in [0.1, 0.15) is 12.3 Å². The Hall–Kier alpha value is -0.340. The Morgan fingerprint density at radius 1 is 1.46 bits per heavy atom. The van der Waals surface area contributed by atoms with Crippen LogP contribution in [0.2, 0.25) is 0 Å². The third-order valence-corrected chi connectivity index (χ3v) is 5.04. The molecule has 0 aromatic carbocycles. The lowest BCUT2D eigenvalue weighted by Gasteiger charge is -2.19. The number of ether oxygens (including phenoxy) is 1. The van der Waals surface area contributed by atoms with Gasteiger partial charge in [0.25, 0.3) is 5.56 Å². The highest BCUT2D eigenvalue weighted by atomic mass is 80.0. The fraction of sp³-hybridized carbons (Fsp3) is 0.545. The molecule has 11 nitrogen and oxygen atoms in total. The molecule has 1 saturated heterocycles. The lowest BCUT2D eigenvalue weighted by Crippen LogP contribution is -2.31. The zero-order valence-electron chi connectivity index (χ0n) is 12.6. The minimum atomic E-state index is -4.78. The maximum absolute atomic E-state index is 11.8. The molecule has 2 heterocycles. The normalized spacial score (nSPS) is 25.7. The number of nitrogens with zero attached hydrogens (tertiary/aromatic N) is 1. The average Bonchev–Trinajstić information content (AvgIpc) is 2.84. The molecule has 15 heteroatoms. The van der Waals surface area contributed by atoms with Crippen molar-refractivity contribution in [1.82, 2.24) is 9.55 Å². The standard InChI is InChI=1S/C11H12Br3N2O9P/c12-11(13,14)9(19)25-26(21,22)23-4-6-5(17)3-8(24-6)16-2-1-7(18)15-10(16)20/h1-2,5-6,8,17H,3-4H2,(H,21,22)(H,15,18,20)/t5-,6+,8+/m0/s1. The van der Waals surface area contributed by atoms with Crippen molar-refractivity contribution in [3.63, 3.8) is 0 Å². The SMILES string of the molecule is O=C(OP(=O)(O)OC[C@H]1O[C@@H](n2ccc(=O)[nH]c2=O)C[C@@H]1O)C(Br)(Br)Br. The second-order valence-electron chi connectivity index (χ2n) is 5.09. The van der Waals surface area contributed by atoms with E-state index in [2.05, 4.69) is 56.8 Å². The van der Waals surface area contributed by atoms with E-state index in [1.165, 1.54) is 6.20 Å². The first-order chi connectivity index (χ1) is 11.9. The maximum Gasteiger partial charge on any atom is 0.529 e. The predicted octanol–water partition coefficient (Wildman–Crippen LogP) is 0.684. The van der Waals surface area contributed by atoms with E-state index in [0.717, 1.165) is 10.6 Å². The molecule has 0 spiro atoms. The van der Waals surface area contributed by atoms with Gasteiger partial charge in [-0.3, -0.25) is 23.8 Å². The Balaban J connectivity index is 1.98. The summed E-state index contributed by atoms with van der Waals surface area (Å²) in [5, 5.41) is 9.98. The fourth-order valence-electron chi connectivity index (χ4n) is 2.04. The Bertz CT molecular complexity index is 835. The summed E-state index contributed by atoms with van der Waals surface area (Å²) in [6, 6.07) is 1.11. The number of nitrogens with one attached hydrogen (secondary N) is 1. The number of alkyl halides is 3. The lowest BCUT2D eigenvalue weighted by atomic mass is 10.2. The number of hydrogen-bond acceptors (Lipinski definition) is 8. The molecular weight excluding hydrogens is 575 g/mol. The summed E-state index contributed by atoms with van der Waals surface area (Å²) < 4.78 is 25.7. The number of H-pyrrole nitrogens is 1. The number of rotatable bonds is 5. The molecule has 4 atom stereocenters. The minimum absolute atomic E-state index is 0.0250. The number of aliphatic hydroxyl groups is 1. The number of halogens is 3. The molecular formula is C11H12Br3N2O9P. The molecule has 1 unspecified atom stereocenters. The molecule has 1 fully saturated rings. The first kappa shape index (κ1) is 22.0. The van der Waals surface area contributed by atoms with Crippen molar-refractivity contribution in [2.24, 2.45) is 0 Å². The van der Waals surface area contributed by atoms with Crippen LogP contribution in [0.4, 0.5) is 0 Å². The molecule has 0 amide bonds. The van der Waals surface area contributed by atoms with Crippen LogP contribution < -0.4 is 11.2 Å². The van der Waals surface area contributed by atoms with Crippen molar-refractivity contribution in [1.29, 1.82) is 0 Å². The van der Waals surface area contributed by atoms with E-state index in [9.17, 15) is 28.9 Å². The number of carbonyl (C=O) groups excluding carboxylic acids is 1. The summed E-state index contributed by atoms with van der Waals surface area (Å²) in [7, 11) is -4.78. The van der Waals surface area contributed by atoms with Crippen molar-refractivity contribution in [3.8, 4) is 0 Å². The van der Waals surface area contributed by atoms with E-state index in [0.29, 0.717) is 0 Å². The first-order valence-electron chi connectivity index (χ1n) is 6.82. The summed E-state index contributed by atoms with van der Waals surface area (Å²) in [6.45, 7) is -0.587. The highest BCUT2D eigenvalue weighted by molar-refractivity contribution is 9.40. The van der Waals surface area contributed by atoms with E-state index in [1.54, 1.807) is 0 Å². The average molecular weight is 587 g/mol. The molecule has 26 heavy (non-hydrogen) atoms. The third kappa shape index (κ3) is 5.83. The van der Waals surface area contributed by atoms with Gasteiger partial charge in [0.15, 0.2) is 0 Å². The van der Waals surface area contributed by atoms with Gasteiger partial charge in [-0.15, -0.1) is 0 Å². The largest absolute Gasteiger partial charge is 0.529 e. The van der Waals surface area contributed by atoms with Crippen molar-refractivity contribution >= 4 is 61.6 Å². The van der Waals surface area contributed by atoms with E-state index in [4.69, 9.17) is 4.74 Å². The molecule has 1 aliphatic heterocycles. The van der Waals surface area contributed by atoms with Gasteiger partial charge in [0.2, 0.25) is 2.14 Å². The topological polar surface area (TPSA) is 157 Å². The van der Waals surface area contributed by atoms with Gasteiger partial charge >= 0.3 is 19.5 Å². The molecule has 0 aliphatic carbocycles. The van der Waals surface area contributed by atoms with Crippen LogP contribution in [0.15, 0.2) is 21.9 Å². The lowest BCUT2D eigenvalue weighted by molar-refractivity contribution is -0.134. The van der Waals surface area contributed by atoms with Crippen LogP contribution in [-0.2, 0) is 23.1 Å². The van der Waals surface area contributed by atoms with Crippen LogP contribution in [0.25, 0.3) is 0 Å². The zero-order chi connectivity index (χ0) is 19.7. The number of carbonyl (C=O) groups is 1. The molecule has 2 rings (SSSR count). The second-order valence-corrected chi connectivity index (χ2v) is 13.2. The predicted molar refractivity (Wildman–Crippen MR) is 97.2 cm³/mol. The van der Waals surface area contributed by atoms with Gasteiger partial charge in [0.05, 0.1) is 12.7 Å². The van der Waals surface area contributed by atoms with Crippen LogP contribution in [0, 0.1) is 0 Å². The maximum atomic E-state index is 11.8. The summed E-state index contributed by atoms with van der Waals surface area (Å²) in [5.41, 5.74) is -1.32. The number of aromatic nitrogens is 2. The van der Waals surface area contributed by atoms with Crippen LogP contribution in [0.5, 0.6) is 0 Å². The number of hydrogen-bond donors (Lipinski definition) is 3. The van der Waals surface area contributed by atoms with E-state index < -0.39 is 52.2 Å². The molecule has 0 radical (unpaired) electrons. The highest BCUT2D eigenvalue weighted by Gasteiger charge is 2.40. The van der Waals surface area contributed by atoms with Gasteiger partial charge in [-0.25, -0.2) is 14.2 Å². The van der Waals surface area contributed by atoms with E-state index in [-0.39, 0.29) is 6.42 Å². The highest BCUT2D eigenvalue weighted by Crippen LogP contribution is 2.48. The Morgan fingerprint density at radius 2 is 2.12 bits per heavy atom. The second kappa shape index (κ2) is 8.35. The quantitative estimate of drug-likeness (QED) is 0.333. The van der Waals surface area contributed by atoms with Crippen LogP contribution in [0.3, 0.4) is 0 Å². The summed E-state index contributed by atoms with van der Waals surface area (Å²) in [4.78, 5) is 45.9. The monoisotopic (exact) mass is 584 g/mol. The molecule has 0 saturated carbocycles. The number of aromatic amines is 1. The van der Waals surface area contributed by atoms with Gasteiger partial charge in [-0.2, -0.15) is 0 Å². The van der Waals surface area contributed by atoms with E-state index >= 15 is 0 Å². The number of aliphatic hydroxyl groups excluding tert-OH is 1. The molecule has 1 aromatic rings. The Morgan fingerprint density at radius 3 is 2.69 bits per heavy atom. The van der Waals surface area contributed by atoms with Gasteiger partial charge in [-0.05, 0) is 47.8 Å². The van der Waals surface area contributed by atoms with E-state index in [1.807, 2.05) is 4.98 Å². The number of phosphoric acid groups is 1. The molecule has 0 bridgehead atoms. The van der Waals surface area contributed by atoms with Gasteiger partial charge < -0.3 is 14.4 Å². The summed E-state index contributed by atoms with van der Waals surface area (Å²) >= 11 is 8.45. The Labute approximate surface area is 170 Å². The molecule has 146 valence electrons.